The number of unbranched alkanes of at least 4 members (excludes halogenated alkanes) is 1. The number of carbonyl (C=O) groups is 1. The molecule has 1 N–H and O–H groups in total. The summed E-state index contributed by atoms with van der Waals surface area (Å²) in [5, 5.41) is 3.09. The van der Waals surface area contributed by atoms with Crippen molar-refractivity contribution in [2.75, 3.05) is 39.4 Å². The number of hydrogen-bond donors (Lipinski definition) is 1. The molecule has 0 aromatic heterocycles. The lowest BCUT2D eigenvalue weighted by molar-refractivity contribution is -0.129. The number of carbonyl (C=O) groups excluding carboxylic acids is 1. The smallest absolute Gasteiger partial charge is 0.236 e. The average Bonchev–Trinajstić information content (AvgIpc) is 2.29. The molecule has 0 aromatic rings. The van der Waals surface area contributed by atoms with E-state index in [9.17, 15) is 4.79 Å². The maximum absolute atomic E-state index is 11.6. The Morgan fingerprint density at radius 2 is 1.88 bits per heavy atom. The predicted octanol–water partition coefficient (Wildman–Crippen LogP) is 1.26. The Morgan fingerprint density at radius 3 is 2.44 bits per heavy atom. The van der Waals surface area contributed by atoms with Crippen molar-refractivity contribution in [3.63, 3.8) is 0 Å². The SMILES string of the molecule is CCCCOCCNCC(=O)N(CC)CC. The van der Waals surface area contributed by atoms with Crippen molar-refractivity contribution in [1.29, 1.82) is 0 Å². The third kappa shape index (κ3) is 7.65. The molecule has 1 amide bonds. The van der Waals surface area contributed by atoms with Crippen LogP contribution < -0.4 is 5.32 Å². The molecule has 0 fully saturated rings. The second kappa shape index (κ2) is 10.9. The number of amides is 1. The largest absolute Gasteiger partial charge is 0.380 e. The monoisotopic (exact) mass is 230 g/mol. The van der Waals surface area contributed by atoms with Crippen molar-refractivity contribution in [3.8, 4) is 0 Å². The molecule has 0 heterocycles. The zero-order chi connectivity index (χ0) is 12.2. The normalized spacial score (nSPS) is 10.4. The number of ether oxygens (including phenoxy) is 1. The van der Waals surface area contributed by atoms with E-state index in [1.165, 1.54) is 0 Å². The third-order valence-electron chi connectivity index (χ3n) is 2.46. The topological polar surface area (TPSA) is 41.6 Å². The van der Waals surface area contributed by atoms with Gasteiger partial charge in [-0.2, -0.15) is 0 Å². The van der Waals surface area contributed by atoms with Crippen molar-refractivity contribution >= 4 is 5.91 Å². The maximum atomic E-state index is 11.6. The van der Waals surface area contributed by atoms with E-state index in [4.69, 9.17) is 4.74 Å². The minimum absolute atomic E-state index is 0.165. The first-order valence-corrected chi connectivity index (χ1v) is 6.32. The van der Waals surface area contributed by atoms with E-state index in [0.717, 1.165) is 39.1 Å². The number of nitrogens with one attached hydrogen (secondary N) is 1. The fraction of sp³-hybridized carbons (Fsp3) is 0.917. The molecule has 0 aromatic carbocycles. The lowest BCUT2D eigenvalue weighted by Gasteiger charge is -2.18. The molecular formula is C12H26N2O2. The average molecular weight is 230 g/mol. The molecule has 0 unspecified atom stereocenters. The minimum atomic E-state index is 0.165. The highest BCUT2D eigenvalue weighted by molar-refractivity contribution is 5.78. The van der Waals surface area contributed by atoms with E-state index in [-0.39, 0.29) is 5.91 Å². The lowest BCUT2D eigenvalue weighted by atomic mass is 10.4. The molecule has 0 radical (unpaired) electrons. The standard InChI is InChI=1S/C12H26N2O2/c1-4-7-9-16-10-8-13-11-12(15)14(5-2)6-3/h13H,4-11H2,1-3H3. The van der Waals surface area contributed by atoms with E-state index in [0.29, 0.717) is 13.2 Å². The van der Waals surface area contributed by atoms with Crippen molar-refractivity contribution in [1.82, 2.24) is 10.2 Å². The molecule has 0 aliphatic heterocycles. The summed E-state index contributed by atoms with van der Waals surface area (Å²) in [5.41, 5.74) is 0. The van der Waals surface area contributed by atoms with Crippen LogP contribution in [0.4, 0.5) is 0 Å². The van der Waals surface area contributed by atoms with Crippen molar-refractivity contribution in [2.45, 2.75) is 33.6 Å². The molecule has 0 rings (SSSR count). The highest BCUT2D eigenvalue weighted by Crippen LogP contribution is 1.88. The summed E-state index contributed by atoms with van der Waals surface area (Å²) in [5.74, 6) is 0.165. The van der Waals surface area contributed by atoms with Crippen molar-refractivity contribution in [3.05, 3.63) is 0 Å². The summed E-state index contributed by atoms with van der Waals surface area (Å²) < 4.78 is 5.38. The van der Waals surface area contributed by atoms with Crippen LogP contribution in [-0.2, 0) is 9.53 Å². The predicted molar refractivity (Wildman–Crippen MR) is 66.5 cm³/mol. The number of likely N-dealkylation sites (N-methyl/N-ethyl adjacent to an activating group) is 1. The molecule has 4 nitrogen and oxygen atoms in total. The Labute approximate surface area is 99.3 Å². The Bertz CT molecular complexity index is 170. The third-order valence-corrected chi connectivity index (χ3v) is 2.46. The molecule has 16 heavy (non-hydrogen) atoms. The van der Waals surface area contributed by atoms with E-state index in [1.807, 2.05) is 18.7 Å². The fourth-order valence-electron chi connectivity index (χ4n) is 1.38. The first-order valence-electron chi connectivity index (χ1n) is 6.32. The summed E-state index contributed by atoms with van der Waals surface area (Å²) in [6, 6.07) is 0. The van der Waals surface area contributed by atoms with E-state index >= 15 is 0 Å². The van der Waals surface area contributed by atoms with Gasteiger partial charge in [0.25, 0.3) is 0 Å². The highest BCUT2D eigenvalue weighted by atomic mass is 16.5. The van der Waals surface area contributed by atoms with Gasteiger partial charge in [-0.25, -0.2) is 0 Å². The van der Waals surface area contributed by atoms with Crippen LogP contribution in [0.1, 0.15) is 33.6 Å². The molecule has 0 saturated heterocycles. The molecule has 0 spiro atoms. The summed E-state index contributed by atoms with van der Waals surface area (Å²) in [4.78, 5) is 13.4. The van der Waals surface area contributed by atoms with Gasteiger partial charge in [0, 0.05) is 26.2 Å². The quantitative estimate of drug-likeness (QED) is 0.575. The van der Waals surface area contributed by atoms with Gasteiger partial charge < -0.3 is 15.0 Å². The first kappa shape index (κ1) is 15.4. The lowest BCUT2D eigenvalue weighted by Crippen LogP contribution is -2.38. The highest BCUT2D eigenvalue weighted by Gasteiger charge is 2.07. The van der Waals surface area contributed by atoms with Gasteiger partial charge >= 0.3 is 0 Å². The molecule has 0 atom stereocenters. The van der Waals surface area contributed by atoms with E-state index in [1.54, 1.807) is 0 Å². The van der Waals surface area contributed by atoms with Crippen LogP contribution in [-0.4, -0.2) is 50.2 Å². The Balaban J connectivity index is 3.33. The molecule has 0 bridgehead atoms. The second-order valence-electron chi connectivity index (χ2n) is 3.71. The second-order valence-corrected chi connectivity index (χ2v) is 3.71. The molecule has 0 aliphatic rings. The van der Waals surface area contributed by atoms with Gasteiger partial charge in [-0.05, 0) is 20.3 Å². The van der Waals surface area contributed by atoms with Gasteiger partial charge in [0.1, 0.15) is 0 Å². The van der Waals surface area contributed by atoms with Gasteiger partial charge in [-0.15, -0.1) is 0 Å². The van der Waals surface area contributed by atoms with Gasteiger partial charge in [-0.3, -0.25) is 4.79 Å². The molecule has 96 valence electrons. The summed E-state index contributed by atoms with van der Waals surface area (Å²) in [7, 11) is 0. The number of hydrogen-bond acceptors (Lipinski definition) is 3. The molecule has 0 saturated carbocycles. The van der Waals surface area contributed by atoms with Gasteiger partial charge in [-0.1, -0.05) is 13.3 Å². The van der Waals surface area contributed by atoms with Crippen molar-refractivity contribution in [2.24, 2.45) is 0 Å². The Hall–Kier alpha value is -0.610. The minimum Gasteiger partial charge on any atom is -0.380 e. The van der Waals surface area contributed by atoms with Crippen LogP contribution >= 0.6 is 0 Å². The van der Waals surface area contributed by atoms with Gasteiger partial charge in [0.15, 0.2) is 0 Å². The molecular weight excluding hydrogens is 204 g/mol. The van der Waals surface area contributed by atoms with Gasteiger partial charge in [0.2, 0.25) is 5.91 Å². The molecule has 4 heteroatoms. The van der Waals surface area contributed by atoms with Crippen LogP contribution in [0.15, 0.2) is 0 Å². The van der Waals surface area contributed by atoms with Crippen LogP contribution in [0.5, 0.6) is 0 Å². The first-order chi connectivity index (χ1) is 7.76. The van der Waals surface area contributed by atoms with Crippen LogP contribution in [0.25, 0.3) is 0 Å². The maximum Gasteiger partial charge on any atom is 0.236 e. The number of rotatable bonds is 10. The number of nitrogens with zero attached hydrogens (tertiary/aromatic N) is 1. The van der Waals surface area contributed by atoms with Crippen LogP contribution in [0.2, 0.25) is 0 Å². The summed E-state index contributed by atoms with van der Waals surface area (Å²) in [6.45, 7) is 10.4. The Morgan fingerprint density at radius 1 is 1.19 bits per heavy atom. The summed E-state index contributed by atoms with van der Waals surface area (Å²) >= 11 is 0. The van der Waals surface area contributed by atoms with Gasteiger partial charge in [0.05, 0.1) is 13.2 Å². The van der Waals surface area contributed by atoms with E-state index in [2.05, 4.69) is 12.2 Å². The fourth-order valence-corrected chi connectivity index (χ4v) is 1.38. The van der Waals surface area contributed by atoms with Crippen LogP contribution in [0, 0.1) is 0 Å². The molecule has 0 aliphatic carbocycles. The van der Waals surface area contributed by atoms with Crippen molar-refractivity contribution < 1.29 is 9.53 Å². The Kier molecular flexibility index (Phi) is 10.5. The zero-order valence-corrected chi connectivity index (χ0v) is 10.9. The van der Waals surface area contributed by atoms with E-state index < -0.39 is 0 Å². The van der Waals surface area contributed by atoms with Crippen LogP contribution in [0.3, 0.4) is 0 Å². The zero-order valence-electron chi connectivity index (χ0n) is 10.9. The summed E-state index contributed by atoms with van der Waals surface area (Å²) in [6.07, 6.45) is 2.27.